The fourth-order valence-corrected chi connectivity index (χ4v) is 1.82. The van der Waals surface area contributed by atoms with Gasteiger partial charge in [0.25, 0.3) is 5.92 Å². The van der Waals surface area contributed by atoms with Crippen LogP contribution in [0.3, 0.4) is 0 Å². The summed E-state index contributed by atoms with van der Waals surface area (Å²) in [6.07, 6.45) is 2.67. The van der Waals surface area contributed by atoms with Crippen LogP contribution in [0.1, 0.15) is 12.0 Å². The first kappa shape index (κ1) is 11.0. The van der Waals surface area contributed by atoms with Crippen molar-refractivity contribution in [3.63, 3.8) is 0 Å². The van der Waals surface area contributed by atoms with E-state index in [9.17, 15) is 8.78 Å². The number of alkyl halides is 2. The summed E-state index contributed by atoms with van der Waals surface area (Å²) in [6.45, 7) is -0.0380. The van der Waals surface area contributed by atoms with Crippen molar-refractivity contribution in [3.8, 4) is 0 Å². The molecule has 0 fully saturated rings. The largest absolute Gasteiger partial charge is 0.335 e. The van der Waals surface area contributed by atoms with Crippen LogP contribution < -0.4 is 5.73 Å². The molecule has 0 saturated carbocycles. The van der Waals surface area contributed by atoms with Gasteiger partial charge in [-0.15, -0.1) is 0 Å². The first-order valence-electron chi connectivity index (χ1n) is 5.04. The zero-order valence-corrected chi connectivity index (χ0v) is 8.95. The maximum atomic E-state index is 13.8. The Labute approximate surface area is 91.9 Å². The Morgan fingerprint density at radius 1 is 1.50 bits per heavy atom. The van der Waals surface area contributed by atoms with Crippen molar-refractivity contribution in [1.82, 2.24) is 9.55 Å². The zero-order chi connectivity index (χ0) is 11.8. The van der Waals surface area contributed by atoms with Crippen LogP contribution in [0.2, 0.25) is 0 Å². The fraction of sp³-hybridized carbons (Fsp3) is 0.364. The van der Waals surface area contributed by atoms with E-state index in [-0.39, 0.29) is 18.5 Å². The van der Waals surface area contributed by atoms with E-state index in [0.717, 1.165) is 0 Å². The summed E-state index contributed by atoms with van der Waals surface area (Å²) >= 11 is 0. The van der Waals surface area contributed by atoms with Crippen molar-refractivity contribution in [3.05, 3.63) is 30.1 Å². The molecule has 0 atom stereocenters. The highest BCUT2D eigenvalue weighted by Gasteiger charge is 2.33. The van der Waals surface area contributed by atoms with Crippen LogP contribution in [0, 0.1) is 0 Å². The third-order valence-electron chi connectivity index (χ3n) is 2.59. The maximum Gasteiger partial charge on any atom is 0.276 e. The first-order chi connectivity index (χ1) is 7.56. The number of halogens is 2. The fourth-order valence-electron chi connectivity index (χ4n) is 1.82. The van der Waals surface area contributed by atoms with E-state index in [1.807, 2.05) is 0 Å². The predicted octanol–water partition coefficient (Wildman–Crippen LogP) is 2.01. The molecule has 0 aliphatic carbocycles. The molecule has 3 nitrogen and oxygen atoms in total. The number of nitrogens with zero attached hydrogens (tertiary/aromatic N) is 2. The normalized spacial score (nSPS) is 12.2. The number of nitrogens with two attached hydrogens (primary N) is 1. The van der Waals surface area contributed by atoms with Gasteiger partial charge in [-0.05, 0) is 18.7 Å². The lowest BCUT2D eigenvalue weighted by atomic mass is 10.1. The number of aryl methyl sites for hydroxylation is 1. The molecule has 2 rings (SSSR count). The van der Waals surface area contributed by atoms with Crippen LogP contribution in [0.15, 0.2) is 24.5 Å². The van der Waals surface area contributed by atoms with Gasteiger partial charge in [-0.3, -0.25) is 0 Å². The van der Waals surface area contributed by atoms with Gasteiger partial charge in [0.1, 0.15) is 5.65 Å². The van der Waals surface area contributed by atoms with Crippen molar-refractivity contribution in [2.24, 2.45) is 12.8 Å². The van der Waals surface area contributed by atoms with Crippen LogP contribution >= 0.6 is 0 Å². The number of hydrogen-bond acceptors (Lipinski definition) is 2. The van der Waals surface area contributed by atoms with Gasteiger partial charge in [-0.25, -0.2) is 13.8 Å². The number of rotatable bonds is 3. The smallest absolute Gasteiger partial charge is 0.276 e. The van der Waals surface area contributed by atoms with E-state index in [2.05, 4.69) is 4.98 Å². The van der Waals surface area contributed by atoms with Crippen LogP contribution in [0.5, 0.6) is 0 Å². The van der Waals surface area contributed by atoms with E-state index < -0.39 is 5.92 Å². The SMILES string of the molecule is Cn1cc(C(F)(F)CCN)c2cccnc21. The lowest BCUT2D eigenvalue weighted by Gasteiger charge is -2.13. The molecule has 0 radical (unpaired) electrons. The van der Waals surface area contributed by atoms with Gasteiger partial charge in [0.15, 0.2) is 0 Å². The van der Waals surface area contributed by atoms with Crippen molar-refractivity contribution in [1.29, 1.82) is 0 Å². The number of aromatic nitrogens is 2. The van der Waals surface area contributed by atoms with Crippen molar-refractivity contribution in [2.75, 3.05) is 6.54 Å². The van der Waals surface area contributed by atoms with Gasteiger partial charge < -0.3 is 10.3 Å². The molecule has 2 heterocycles. The molecule has 0 bridgehead atoms. The molecule has 0 spiro atoms. The molecule has 0 aliphatic rings. The lowest BCUT2D eigenvalue weighted by Crippen LogP contribution is -2.18. The van der Waals surface area contributed by atoms with Gasteiger partial charge in [-0.1, -0.05) is 0 Å². The molecule has 0 aliphatic heterocycles. The third kappa shape index (κ3) is 1.67. The average Bonchev–Trinajstić information content (AvgIpc) is 2.58. The van der Waals surface area contributed by atoms with Crippen molar-refractivity contribution in [2.45, 2.75) is 12.3 Å². The second kappa shape index (κ2) is 3.83. The van der Waals surface area contributed by atoms with Crippen molar-refractivity contribution >= 4 is 11.0 Å². The minimum Gasteiger partial charge on any atom is -0.335 e. The van der Waals surface area contributed by atoms with Crippen LogP contribution in [0.25, 0.3) is 11.0 Å². The van der Waals surface area contributed by atoms with E-state index in [1.165, 1.54) is 6.20 Å². The molecule has 0 saturated heterocycles. The number of hydrogen-bond donors (Lipinski definition) is 1. The Bertz CT molecular complexity index is 505. The minimum absolute atomic E-state index is 0.00329. The monoisotopic (exact) mass is 225 g/mol. The first-order valence-corrected chi connectivity index (χ1v) is 5.04. The Hall–Kier alpha value is -1.49. The molecule has 2 aromatic rings. The van der Waals surface area contributed by atoms with Gasteiger partial charge in [0.2, 0.25) is 0 Å². The summed E-state index contributed by atoms with van der Waals surface area (Å²) in [5.74, 6) is -2.89. The lowest BCUT2D eigenvalue weighted by molar-refractivity contribution is -0.00927. The number of fused-ring (bicyclic) bond motifs is 1. The third-order valence-corrected chi connectivity index (χ3v) is 2.59. The second-order valence-corrected chi connectivity index (χ2v) is 3.77. The highest BCUT2D eigenvalue weighted by molar-refractivity contribution is 5.81. The molecule has 16 heavy (non-hydrogen) atoms. The van der Waals surface area contributed by atoms with Crippen LogP contribution in [0.4, 0.5) is 8.78 Å². The van der Waals surface area contributed by atoms with Crippen LogP contribution in [-0.4, -0.2) is 16.1 Å². The van der Waals surface area contributed by atoms with Crippen molar-refractivity contribution < 1.29 is 8.78 Å². The van der Waals surface area contributed by atoms with Gasteiger partial charge in [0.05, 0.1) is 0 Å². The summed E-state index contributed by atoms with van der Waals surface area (Å²) < 4.78 is 29.2. The molecule has 2 N–H and O–H groups in total. The predicted molar refractivity (Wildman–Crippen MR) is 58.3 cm³/mol. The topological polar surface area (TPSA) is 43.8 Å². The molecule has 86 valence electrons. The Morgan fingerprint density at radius 2 is 2.25 bits per heavy atom. The molecule has 2 aromatic heterocycles. The van der Waals surface area contributed by atoms with E-state index >= 15 is 0 Å². The minimum atomic E-state index is -2.89. The summed E-state index contributed by atoms with van der Waals surface area (Å²) in [4.78, 5) is 4.07. The molecular formula is C11H13F2N3. The zero-order valence-electron chi connectivity index (χ0n) is 8.95. The summed E-state index contributed by atoms with van der Waals surface area (Å²) in [5, 5.41) is 0.489. The number of pyridine rings is 1. The second-order valence-electron chi connectivity index (χ2n) is 3.77. The van der Waals surface area contributed by atoms with E-state index in [4.69, 9.17) is 5.73 Å². The summed E-state index contributed by atoms with van der Waals surface area (Å²) in [6, 6.07) is 3.31. The molecule has 0 aromatic carbocycles. The Morgan fingerprint density at radius 3 is 2.94 bits per heavy atom. The average molecular weight is 225 g/mol. The van der Waals surface area contributed by atoms with Crippen LogP contribution in [-0.2, 0) is 13.0 Å². The molecule has 0 unspecified atom stereocenters. The van der Waals surface area contributed by atoms with E-state index in [0.29, 0.717) is 11.0 Å². The Kier molecular flexibility index (Phi) is 2.63. The van der Waals surface area contributed by atoms with Gasteiger partial charge >= 0.3 is 0 Å². The van der Waals surface area contributed by atoms with Gasteiger partial charge in [0, 0.05) is 36.8 Å². The molecular weight excluding hydrogens is 212 g/mol. The quantitative estimate of drug-likeness (QED) is 0.868. The maximum absolute atomic E-state index is 13.8. The summed E-state index contributed by atoms with van der Waals surface area (Å²) in [7, 11) is 1.71. The summed E-state index contributed by atoms with van der Waals surface area (Å²) in [5.41, 5.74) is 5.77. The highest BCUT2D eigenvalue weighted by atomic mass is 19.3. The Balaban J connectivity index is 2.61. The van der Waals surface area contributed by atoms with Gasteiger partial charge in [-0.2, -0.15) is 0 Å². The standard InChI is InChI=1S/C11H13F2N3/c1-16-7-9(11(12,13)4-5-14)8-3-2-6-15-10(8)16/h2-3,6-7H,4-5,14H2,1H3. The molecule has 5 heteroatoms. The molecule has 0 amide bonds. The highest BCUT2D eigenvalue weighted by Crippen LogP contribution is 2.36. The van der Waals surface area contributed by atoms with E-state index in [1.54, 1.807) is 29.9 Å².